The fourth-order valence-electron chi connectivity index (χ4n) is 2.72. The number of rotatable bonds is 3. The quantitative estimate of drug-likeness (QED) is 0.651. The molecule has 2 atom stereocenters. The molecule has 0 amide bonds. The van der Waals surface area contributed by atoms with Gasteiger partial charge in [-0.15, -0.1) is 34.9 Å². The molecule has 0 radical (unpaired) electrons. The third-order valence-corrected chi connectivity index (χ3v) is 8.73. The van der Waals surface area contributed by atoms with Crippen LogP contribution in [0.2, 0.25) is 27.3 Å². The summed E-state index contributed by atoms with van der Waals surface area (Å²) in [5.41, 5.74) is 0. The molecule has 0 aromatic carbocycles. The van der Waals surface area contributed by atoms with Crippen molar-refractivity contribution in [3.8, 4) is 0 Å². The molecular formula is C16H20B2S3. The van der Waals surface area contributed by atoms with Gasteiger partial charge >= 0.3 is 0 Å². The van der Waals surface area contributed by atoms with Gasteiger partial charge in [-0.2, -0.15) is 0 Å². The molecule has 0 fully saturated rings. The summed E-state index contributed by atoms with van der Waals surface area (Å²) in [6.45, 7) is 10.6. The maximum atomic E-state index is 2.42. The summed E-state index contributed by atoms with van der Waals surface area (Å²) < 4.78 is 0.126. The molecule has 0 bridgehead atoms. The molecule has 2 aliphatic heterocycles. The highest BCUT2D eigenvalue weighted by Gasteiger charge is 2.41. The monoisotopic (exact) mass is 330 g/mol. The van der Waals surface area contributed by atoms with Crippen molar-refractivity contribution in [2.24, 2.45) is 0 Å². The van der Waals surface area contributed by atoms with Gasteiger partial charge in [0.05, 0.1) is 0 Å². The Bertz CT molecular complexity index is 599. The molecule has 5 heteroatoms. The van der Waals surface area contributed by atoms with Crippen molar-refractivity contribution in [2.75, 3.05) is 0 Å². The van der Waals surface area contributed by atoms with Crippen LogP contribution in [0.25, 0.3) is 0 Å². The lowest BCUT2D eigenvalue weighted by atomic mass is 9.44. The van der Waals surface area contributed by atoms with Crippen LogP contribution in [0.4, 0.5) is 0 Å². The van der Waals surface area contributed by atoms with Crippen LogP contribution in [-0.2, 0) is 4.65 Å². The third-order valence-electron chi connectivity index (χ3n) is 4.13. The first-order valence-corrected chi connectivity index (χ1v) is 10.1. The van der Waals surface area contributed by atoms with Gasteiger partial charge in [0.2, 0.25) is 0 Å². The summed E-state index contributed by atoms with van der Waals surface area (Å²) in [5.74, 6) is 0. The van der Waals surface area contributed by atoms with Crippen molar-refractivity contribution in [2.45, 2.75) is 37.1 Å². The van der Waals surface area contributed by atoms with Crippen LogP contribution < -0.4 is 0 Å². The molecule has 0 saturated heterocycles. The van der Waals surface area contributed by atoms with Gasteiger partial charge < -0.3 is 0 Å². The third kappa shape index (κ3) is 2.85. The van der Waals surface area contributed by atoms with Crippen molar-refractivity contribution in [1.29, 1.82) is 0 Å². The molecule has 0 nitrogen and oxygen atoms in total. The first-order chi connectivity index (χ1) is 10.0. The molecule has 1 aromatic rings. The van der Waals surface area contributed by atoms with Crippen LogP contribution in [0.15, 0.2) is 51.6 Å². The summed E-state index contributed by atoms with van der Waals surface area (Å²) in [6, 6.07) is 4.45. The predicted octanol–water partition coefficient (Wildman–Crippen LogP) is 5.72. The molecule has 0 aliphatic carbocycles. The van der Waals surface area contributed by atoms with Crippen molar-refractivity contribution < 1.29 is 0 Å². The van der Waals surface area contributed by atoms with Crippen LogP contribution in [0, 0.1) is 0 Å². The Morgan fingerprint density at radius 2 is 1.90 bits per heavy atom. The Labute approximate surface area is 141 Å². The minimum Gasteiger partial charge on any atom is -0.148 e. The van der Waals surface area contributed by atoms with Gasteiger partial charge in [-0.3, -0.25) is 0 Å². The number of allylic oxidation sites excluding steroid dienone is 2. The number of thioether (sulfide) groups is 2. The lowest BCUT2D eigenvalue weighted by molar-refractivity contribution is 1.14. The molecule has 0 saturated carbocycles. The van der Waals surface area contributed by atoms with E-state index in [-0.39, 0.29) is 4.65 Å². The van der Waals surface area contributed by atoms with Gasteiger partial charge in [-0.1, -0.05) is 57.7 Å². The summed E-state index contributed by atoms with van der Waals surface area (Å²) >= 11 is 5.95. The molecule has 0 spiro atoms. The molecule has 21 heavy (non-hydrogen) atoms. The molecule has 108 valence electrons. The summed E-state index contributed by atoms with van der Waals surface area (Å²) in [7, 11) is 0. The number of hydrogen-bond donors (Lipinski definition) is 0. The van der Waals surface area contributed by atoms with Crippen LogP contribution in [0.1, 0.15) is 4.88 Å². The van der Waals surface area contributed by atoms with E-state index in [1.807, 2.05) is 34.9 Å². The minimum atomic E-state index is 0.126. The van der Waals surface area contributed by atoms with E-state index in [9.17, 15) is 0 Å². The largest absolute Gasteiger partial charge is 0.165 e. The normalized spacial score (nSPS) is 31.1. The zero-order valence-corrected chi connectivity index (χ0v) is 15.4. The van der Waals surface area contributed by atoms with E-state index in [1.165, 1.54) is 14.7 Å². The van der Waals surface area contributed by atoms with Gasteiger partial charge in [0.25, 0.3) is 0 Å². The smallest absolute Gasteiger partial charge is 0.148 e. The fraction of sp³-hybridized carbons (Fsp3) is 0.375. The maximum Gasteiger partial charge on any atom is 0.165 e. The van der Waals surface area contributed by atoms with Crippen molar-refractivity contribution in [1.82, 2.24) is 0 Å². The average Bonchev–Trinajstić information content (AvgIpc) is 3.18. The first kappa shape index (κ1) is 15.6. The second kappa shape index (κ2) is 6.10. The topological polar surface area (TPSA) is 0 Å². The van der Waals surface area contributed by atoms with Gasteiger partial charge in [0, 0.05) is 24.5 Å². The Hall–Kier alpha value is -0.250. The van der Waals surface area contributed by atoms with E-state index in [0.717, 1.165) is 0 Å². The Morgan fingerprint density at radius 1 is 1.10 bits per heavy atom. The van der Waals surface area contributed by atoms with E-state index >= 15 is 0 Å². The lowest BCUT2D eigenvalue weighted by Gasteiger charge is -2.28. The van der Waals surface area contributed by atoms with Gasteiger partial charge in [-0.05, 0) is 11.4 Å². The van der Waals surface area contributed by atoms with E-state index < -0.39 is 0 Å². The molecular weight excluding hydrogens is 310 g/mol. The summed E-state index contributed by atoms with van der Waals surface area (Å²) in [4.78, 5) is 4.37. The molecule has 3 heterocycles. The van der Waals surface area contributed by atoms with Gasteiger partial charge in [0.1, 0.15) is 0 Å². The van der Waals surface area contributed by atoms with Crippen molar-refractivity contribution in [3.63, 3.8) is 0 Å². The zero-order valence-electron chi connectivity index (χ0n) is 13.0. The van der Waals surface area contributed by atoms with E-state index in [4.69, 9.17) is 0 Å². The minimum absolute atomic E-state index is 0.126. The van der Waals surface area contributed by atoms with E-state index in [2.05, 4.69) is 69.1 Å². The van der Waals surface area contributed by atoms with E-state index in [0.29, 0.717) is 18.6 Å². The molecule has 2 aliphatic rings. The highest BCUT2D eigenvalue weighted by Crippen LogP contribution is 2.54. The molecule has 3 rings (SSSR count). The molecule has 0 N–H and O–H groups in total. The first-order valence-electron chi connectivity index (χ1n) is 7.54. The predicted molar refractivity (Wildman–Crippen MR) is 105 cm³/mol. The second-order valence-electron chi connectivity index (χ2n) is 6.27. The number of hydrogen-bond acceptors (Lipinski definition) is 3. The van der Waals surface area contributed by atoms with E-state index in [1.54, 1.807) is 0 Å². The summed E-state index contributed by atoms with van der Waals surface area (Å²) in [6.07, 6.45) is 9.47. The fourth-order valence-corrected chi connectivity index (χ4v) is 6.48. The van der Waals surface area contributed by atoms with Crippen LogP contribution in [0.3, 0.4) is 0 Å². The highest BCUT2D eigenvalue weighted by atomic mass is 32.2. The second-order valence-corrected chi connectivity index (χ2v) is 9.76. The van der Waals surface area contributed by atoms with Gasteiger partial charge in [-0.25, -0.2) is 0 Å². The number of thiophene rings is 1. The standard InChI is InChI=1S/C16H20B2S3/c1-17(2)15-8-7-12(20-15)13-9-10-16(21-13,18(3)4)14-6-5-11-19-14/h5-11,15H,1-4H3. The van der Waals surface area contributed by atoms with Crippen LogP contribution in [-0.4, -0.2) is 18.6 Å². The van der Waals surface area contributed by atoms with Crippen molar-refractivity contribution in [3.05, 3.63) is 56.5 Å². The highest BCUT2D eigenvalue weighted by molar-refractivity contribution is 8.09. The van der Waals surface area contributed by atoms with Crippen LogP contribution >= 0.6 is 34.9 Å². The van der Waals surface area contributed by atoms with Crippen LogP contribution in [0.5, 0.6) is 0 Å². The SMILES string of the molecule is CB(C)C1C=CC(=C2C=CC(B(C)C)(c3cccs3)S2)S1. The maximum absolute atomic E-state index is 2.42. The average molecular weight is 330 g/mol. The molecule has 2 unspecified atom stereocenters. The Morgan fingerprint density at radius 3 is 2.48 bits per heavy atom. The molecule has 1 aromatic heterocycles. The Kier molecular flexibility index (Phi) is 4.54. The van der Waals surface area contributed by atoms with Crippen molar-refractivity contribution >= 4 is 48.3 Å². The zero-order chi connectivity index (χ0) is 15.0. The van der Waals surface area contributed by atoms with Gasteiger partial charge in [0.15, 0.2) is 13.4 Å². The lowest BCUT2D eigenvalue weighted by Crippen LogP contribution is -2.31. The Balaban J connectivity index is 1.89. The summed E-state index contributed by atoms with van der Waals surface area (Å²) in [5, 5.41) is 2.83.